The van der Waals surface area contributed by atoms with Gasteiger partial charge in [0.05, 0.1) is 4.92 Å². The van der Waals surface area contributed by atoms with Crippen molar-refractivity contribution in [2.24, 2.45) is 0 Å². The van der Waals surface area contributed by atoms with Crippen LogP contribution in [0.2, 0.25) is 0 Å². The van der Waals surface area contributed by atoms with Gasteiger partial charge >= 0.3 is 7.75 Å². The lowest BCUT2D eigenvalue weighted by atomic mass is 9.95. The number of non-ortho nitro benzene ring substituents is 1. The highest BCUT2D eigenvalue weighted by molar-refractivity contribution is 7.52. The SMILES string of the molecule is O=C(NC1CCCCC1)[C@H]1NP(=O)(Oc2ccccc2)Oc2ccc([N+](=O)[O-])cc21. The molecule has 30 heavy (non-hydrogen) atoms. The first-order valence-corrected chi connectivity index (χ1v) is 11.4. The Morgan fingerprint density at radius 3 is 2.60 bits per heavy atom. The number of para-hydroxylation sites is 1. The Kier molecular flexibility index (Phi) is 5.74. The molecule has 1 amide bonds. The molecule has 2 N–H and O–H groups in total. The number of nitro groups is 1. The normalized spacial score (nSPS) is 23.7. The molecule has 0 saturated heterocycles. The predicted molar refractivity (Wildman–Crippen MR) is 109 cm³/mol. The largest absolute Gasteiger partial charge is 0.513 e. The van der Waals surface area contributed by atoms with Crippen LogP contribution in [0.25, 0.3) is 0 Å². The molecule has 1 fully saturated rings. The Morgan fingerprint density at radius 1 is 1.17 bits per heavy atom. The van der Waals surface area contributed by atoms with E-state index >= 15 is 0 Å². The maximum absolute atomic E-state index is 13.3. The summed E-state index contributed by atoms with van der Waals surface area (Å²) >= 11 is 0. The van der Waals surface area contributed by atoms with Gasteiger partial charge in [-0.2, -0.15) is 5.09 Å². The van der Waals surface area contributed by atoms with Gasteiger partial charge in [0, 0.05) is 23.7 Å². The average Bonchev–Trinajstić information content (AvgIpc) is 2.74. The van der Waals surface area contributed by atoms with E-state index in [1.165, 1.54) is 18.2 Å². The van der Waals surface area contributed by atoms with Crippen LogP contribution in [0.1, 0.15) is 43.7 Å². The molecule has 4 rings (SSSR count). The van der Waals surface area contributed by atoms with Crippen LogP contribution in [0.15, 0.2) is 48.5 Å². The number of hydrogen-bond acceptors (Lipinski definition) is 6. The summed E-state index contributed by atoms with van der Waals surface area (Å²) in [5, 5.41) is 16.9. The van der Waals surface area contributed by atoms with Crippen molar-refractivity contribution in [2.75, 3.05) is 0 Å². The zero-order valence-electron chi connectivity index (χ0n) is 16.2. The van der Waals surface area contributed by atoms with Crippen LogP contribution < -0.4 is 19.5 Å². The lowest BCUT2D eigenvalue weighted by Crippen LogP contribution is -2.44. The number of nitrogens with one attached hydrogen (secondary N) is 2. The molecule has 2 aromatic rings. The molecule has 2 atom stereocenters. The Labute approximate surface area is 173 Å². The minimum atomic E-state index is -3.95. The highest BCUT2D eigenvalue weighted by Gasteiger charge is 2.43. The van der Waals surface area contributed by atoms with E-state index in [9.17, 15) is 19.5 Å². The van der Waals surface area contributed by atoms with E-state index in [2.05, 4.69) is 10.4 Å². The molecule has 1 unspecified atom stereocenters. The Morgan fingerprint density at radius 2 is 1.90 bits per heavy atom. The van der Waals surface area contributed by atoms with Gasteiger partial charge in [-0.15, -0.1) is 0 Å². The van der Waals surface area contributed by atoms with Crippen molar-refractivity contribution in [3.63, 3.8) is 0 Å². The second kappa shape index (κ2) is 8.45. The number of rotatable bonds is 5. The van der Waals surface area contributed by atoms with E-state index in [1.807, 2.05) is 0 Å². The second-order valence-electron chi connectivity index (χ2n) is 7.38. The minimum absolute atomic E-state index is 0.0208. The zero-order chi connectivity index (χ0) is 21.1. The standard InChI is InChI=1S/C20H22N3O6P/c24-20(21-14-7-3-1-4-8-14)19-17-13-15(23(25)26)11-12-18(17)29-30(27,22-19)28-16-9-5-2-6-10-16/h2,5-6,9-14,19H,1,3-4,7-8H2,(H,21,24)(H,22,27)/t19-,30?/m0/s1. The summed E-state index contributed by atoms with van der Waals surface area (Å²) in [6.45, 7) is 0. The van der Waals surface area contributed by atoms with Crippen molar-refractivity contribution in [3.05, 3.63) is 64.2 Å². The molecule has 2 aromatic carbocycles. The number of nitrogens with zero attached hydrogens (tertiary/aromatic N) is 1. The van der Waals surface area contributed by atoms with Crippen LogP contribution >= 0.6 is 7.75 Å². The van der Waals surface area contributed by atoms with Gasteiger partial charge in [0.15, 0.2) is 0 Å². The Bertz CT molecular complexity index is 993. The fourth-order valence-corrected chi connectivity index (χ4v) is 5.28. The summed E-state index contributed by atoms with van der Waals surface area (Å²) in [4.78, 5) is 23.7. The van der Waals surface area contributed by atoms with Crippen LogP contribution in [0.3, 0.4) is 0 Å². The van der Waals surface area contributed by atoms with Gasteiger partial charge in [-0.05, 0) is 31.0 Å². The van der Waals surface area contributed by atoms with E-state index in [1.54, 1.807) is 30.3 Å². The summed E-state index contributed by atoms with van der Waals surface area (Å²) in [5.74, 6) is 0.0105. The lowest BCUT2D eigenvalue weighted by Gasteiger charge is -2.32. The second-order valence-corrected chi connectivity index (χ2v) is 9.00. The molecule has 0 spiro atoms. The molecule has 10 heteroatoms. The zero-order valence-corrected chi connectivity index (χ0v) is 17.0. The van der Waals surface area contributed by atoms with Crippen LogP contribution in [-0.2, 0) is 9.36 Å². The molecule has 1 saturated carbocycles. The number of nitro benzene ring substituents is 1. The van der Waals surface area contributed by atoms with Gasteiger partial charge in [-0.3, -0.25) is 14.9 Å². The first-order chi connectivity index (χ1) is 14.4. The molecule has 0 bridgehead atoms. The van der Waals surface area contributed by atoms with E-state index in [0.29, 0.717) is 5.75 Å². The minimum Gasteiger partial charge on any atom is -0.405 e. The van der Waals surface area contributed by atoms with Crippen molar-refractivity contribution in [2.45, 2.75) is 44.2 Å². The quantitative estimate of drug-likeness (QED) is 0.412. The highest BCUT2D eigenvalue weighted by atomic mass is 31.2. The smallest absolute Gasteiger partial charge is 0.405 e. The van der Waals surface area contributed by atoms with E-state index in [4.69, 9.17) is 9.05 Å². The van der Waals surface area contributed by atoms with Crippen LogP contribution in [-0.4, -0.2) is 16.9 Å². The summed E-state index contributed by atoms with van der Waals surface area (Å²) in [6, 6.07) is 11.2. The van der Waals surface area contributed by atoms with Gasteiger partial charge in [-0.1, -0.05) is 37.5 Å². The van der Waals surface area contributed by atoms with Gasteiger partial charge in [0.25, 0.3) is 5.69 Å². The number of fused-ring (bicyclic) bond motifs is 1. The number of hydrogen-bond donors (Lipinski definition) is 2. The van der Waals surface area contributed by atoms with E-state index < -0.39 is 24.6 Å². The molecule has 9 nitrogen and oxygen atoms in total. The fraction of sp³-hybridized carbons (Fsp3) is 0.350. The van der Waals surface area contributed by atoms with Crippen LogP contribution in [0, 0.1) is 10.1 Å². The van der Waals surface area contributed by atoms with Crippen molar-refractivity contribution in [1.29, 1.82) is 0 Å². The fourth-order valence-electron chi connectivity index (χ4n) is 3.74. The molecule has 1 heterocycles. The third-order valence-corrected chi connectivity index (χ3v) is 6.67. The van der Waals surface area contributed by atoms with Crippen LogP contribution in [0.5, 0.6) is 11.5 Å². The summed E-state index contributed by atoms with van der Waals surface area (Å²) < 4.78 is 24.4. The Hall–Kier alpha value is -2.90. The molecular formula is C20H22N3O6P. The molecule has 0 radical (unpaired) electrons. The summed E-state index contributed by atoms with van der Waals surface area (Å²) in [5.41, 5.74) is 0.0657. The van der Waals surface area contributed by atoms with Gasteiger partial charge in [-0.25, -0.2) is 4.57 Å². The van der Waals surface area contributed by atoms with Crippen molar-refractivity contribution >= 4 is 19.3 Å². The monoisotopic (exact) mass is 431 g/mol. The molecule has 2 aliphatic rings. The van der Waals surface area contributed by atoms with Gasteiger partial charge in [0.2, 0.25) is 5.91 Å². The third kappa shape index (κ3) is 4.47. The summed E-state index contributed by atoms with van der Waals surface area (Å²) in [6.07, 6.45) is 4.94. The van der Waals surface area contributed by atoms with E-state index in [0.717, 1.165) is 32.1 Å². The van der Waals surface area contributed by atoms with Gasteiger partial charge < -0.3 is 14.4 Å². The third-order valence-electron chi connectivity index (χ3n) is 5.20. The van der Waals surface area contributed by atoms with Gasteiger partial charge in [0.1, 0.15) is 17.5 Å². The predicted octanol–water partition coefficient (Wildman–Crippen LogP) is 4.25. The lowest BCUT2D eigenvalue weighted by molar-refractivity contribution is -0.384. The molecular weight excluding hydrogens is 409 g/mol. The first kappa shape index (κ1) is 20.4. The number of amides is 1. The summed E-state index contributed by atoms with van der Waals surface area (Å²) in [7, 11) is -3.95. The molecule has 158 valence electrons. The van der Waals surface area contributed by atoms with Crippen molar-refractivity contribution < 1.29 is 23.3 Å². The van der Waals surface area contributed by atoms with Crippen molar-refractivity contribution in [1.82, 2.24) is 10.4 Å². The maximum Gasteiger partial charge on any atom is 0.513 e. The highest BCUT2D eigenvalue weighted by Crippen LogP contribution is 2.53. The van der Waals surface area contributed by atoms with Crippen LogP contribution in [0.4, 0.5) is 5.69 Å². The Balaban J connectivity index is 1.65. The van der Waals surface area contributed by atoms with Crippen molar-refractivity contribution in [3.8, 4) is 11.5 Å². The number of carbonyl (C=O) groups is 1. The molecule has 0 aromatic heterocycles. The molecule has 1 aliphatic carbocycles. The average molecular weight is 431 g/mol. The maximum atomic E-state index is 13.3. The first-order valence-electron chi connectivity index (χ1n) is 9.84. The topological polar surface area (TPSA) is 120 Å². The number of benzene rings is 2. The van der Waals surface area contributed by atoms with E-state index in [-0.39, 0.29) is 23.0 Å². The molecule has 1 aliphatic heterocycles. The number of carbonyl (C=O) groups excluding carboxylic acids is 1.